The van der Waals surface area contributed by atoms with Gasteiger partial charge in [-0.3, -0.25) is 0 Å². The van der Waals surface area contributed by atoms with Crippen molar-refractivity contribution in [2.75, 3.05) is 0 Å². The molecule has 1 heterocycles. The number of hydrogen-bond acceptors (Lipinski definition) is 0. The van der Waals surface area contributed by atoms with Gasteiger partial charge < -0.3 is 0 Å². The Morgan fingerprint density at radius 3 is 2.20 bits per heavy atom. The molecule has 0 amide bonds. The van der Waals surface area contributed by atoms with Crippen molar-refractivity contribution < 1.29 is 16.7 Å². The van der Waals surface area contributed by atoms with Crippen molar-refractivity contribution >= 4 is 45.7 Å². The van der Waals surface area contributed by atoms with Gasteiger partial charge in [-0.2, -0.15) is 0 Å². The molecule has 0 spiro atoms. The van der Waals surface area contributed by atoms with Gasteiger partial charge in [0.15, 0.2) is 0 Å². The summed E-state index contributed by atoms with van der Waals surface area (Å²) >= 11 is -3.10. The molecule has 5 heteroatoms. The molecule has 1 atom stereocenters. The third kappa shape index (κ3) is 1.99. The first-order valence-corrected chi connectivity index (χ1v) is 15.5. The van der Waals surface area contributed by atoms with Crippen molar-refractivity contribution in [3.05, 3.63) is 12.2 Å². The Kier molecular flexibility index (Phi) is 3.35. The average molecular weight is 339 g/mol. The summed E-state index contributed by atoms with van der Waals surface area (Å²) in [5.41, 5.74) is 0. The Morgan fingerprint density at radius 1 is 1.40 bits per heavy atom. The van der Waals surface area contributed by atoms with Crippen LogP contribution in [0.3, 0.4) is 0 Å². The van der Waals surface area contributed by atoms with Gasteiger partial charge in [0.2, 0.25) is 0 Å². The van der Waals surface area contributed by atoms with E-state index in [4.69, 9.17) is 25.5 Å². The van der Waals surface area contributed by atoms with Gasteiger partial charge in [-0.15, -0.1) is 0 Å². The second kappa shape index (κ2) is 3.35. The number of halogens is 3. The standard InChI is InChI=1S/C5H6As.3ClH.Zr/c1-5-3-2-4-6-5;;;;/h2-4H,1H3;3*1H;/q;;;;+3/p-3. The summed E-state index contributed by atoms with van der Waals surface area (Å²) in [6.45, 7) is 2.07. The van der Waals surface area contributed by atoms with Gasteiger partial charge in [0, 0.05) is 0 Å². The SMILES string of the molecule is C[C]1([Zr]([Cl])([Cl])[Cl])C=CC=[As]1. The second-order valence-electron chi connectivity index (χ2n) is 2.28. The summed E-state index contributed by atoms with van der Waals surface area (Å²) in [4.78, 5) is 2.15. The van der Waals surface area contributed by atoms with Gasteiger partial charge in [0.25, 0.3) is 0 Å². The zero-order valence-electron chi connectivity index (χ0n) is 5.31. The quantitative estimate of drug-likeness (QED) is 0.645. The van der Waals surface area contributed by atoms with Crippen LogP contribution >= 0.6 is 25.5 Å². The van der Waals surface area contributed by atoms with Crippen LogP contribution in [-0.4, -0.2) is 20.1 Å². The van der Waals surface area contributed by atoms with Crippen LogP contribution in [0.5, 0.6) is 0 Å². The summed E-state index contributed by atoms with van der Waals surface area (Å²) < 4.78 is -0.00412. The number of allylic oxidation sites excluding steroid dienone is 2. The van der Waals surface area contributed by atoms with E-state index in [1.807, 2.05) is 6.08 Å². The Bertz CT molecular complexity index is 182. The molecule has 0 saturated heterocycles. The monoisotopic (exact) mass is 336 g/mol. The zero-order valence-corrected chi connectivity index (χ0v) is 11.9. The summed E-state index contributed by atoms with van der Waals surface area (Å²) in [7, 11) is 17.9. The summed E-state index contributed by atoms with van der Waals surface area (Å²) in [6, 6.07) is 0. The molecule has 0 radical (unpaired) electrons. The number of hydrogen-bond donors (Lipinski definition) is 0. The van der Waals surface area contributed by atoms with Crippen molar-refractivity contribution in [1.82, 2.24) is 0 Å². The van der Waals surface area contributed by atoms with Crippen LogP contribution in [0.4, 0.5) is 0 Å². The molecule has 1 aliphatic heterocycles. The van der Waals surface area contributed by atoms with Gasteiger partial charge in [-0.1, -0.05) is 0 Å². The Morgan fingerprint density at radius 2 is 2.00 bits per heavy atom. The van der Waals surface area contributed by atoms with E-state index in [9.17, 15) is 0 Å². The van der Waals surface area contributed by atoms with E-state index in [0.717, 1.165) is 0 Å². The van der Waals surface area contributed by atoms with E-state index >= 15 is 0 Å². The molecule has 0 nitrogen and oxygen atoms in total. The van der Waals surface area contributed by atoms with E-state index in [0.29, 0.717) is 0 Å². The average Bonchev–Trinajstić information content (AvgIpc) is 2.13. The topological polar surface area (TPSA) is 0 Å². The summed E-state index contributed by atoms with van der Waals surface area (Å²) in [5.74, 6) is 0. The van der Waals surface area contributed by atoms with Crippen molar-refractivity contribution in [3.63, 3.8) is 0 Å². The molecular formula is C5H6AsCl3Zr. The fraction of sp³-hybridized carbons (Fsp3) is 0.400. The molecule has 0 aromatic carbocycles. The van der Waals surface area contributed by atoms with Crippen LogP contribution in [0.2, 0.25) is 1.91 Å². The van der Waals surface area contributed by atoms with Crippen molar-refractivity contribution in [1.29, 1.82) is 0 Å². The van der Waals surface area contributed by atoms with Crippen molar-refractivity contribution in [2.45, 2.75) is 8.83 Å². The maximum atomic E-state index is 5.97. The molecule has 0 fully saturated rings. The van der Waals surface area contributed by atoms with Crippen LogP contribution in [0.25, 0.3) is 0 Å². The first-order chi connectivity index (χ1) is 4.46. The molecule has 1 unspecified atom stereocenters. The second-order valence-corrected chi connectivity index (χ2v) is 26.1. The molecule has 56 valence electrons. The summed E-state index contributed by atoms with van der Waals surface area (Å²) in [5, 5.41) is 0. The van der Waals surface area contributed by atoms with Crippen molar-refractivity contribution in [2.24, 2.45) is 0 Å². The van der Waals surface area contributed by atoms with Crippen molar-refractivity contribution in [3.8, 4) is 0 Å². The fourth-order valence-corrected chi connectivity index (χ4v) is 11.5. The van der Waals surface area contributed by atoms with Crippen LogP contribution in [-0.2, 0) is 16.7 Å². The van der Waals surface area contributed by atoms with Gasteiger partial charge in [-0.25, -0.2) is 0 Å². The first-order valence-electron chi connectivity index (χ1n) is 2.75. The molecule has 0 saturated carbocycles. The molecule has 0 aromatic heterocycles. The predicted molar refractivity (Wildman–Crippen MR) is 46.9 cm³/mol. The predicted octanol–water partition coefficient (Wildman–Crippen LogP) is 2.81. The Hall–Kier alpha value is 1.92. The fourth-order valence-electron chi connectivity index (χ4n) is 0.639. The minimum absolute atomic E-state index is 0.00412. The molecule has 0 N–H and O–H groups in total. The van der Waals surface area contributed by atoms with Crippen LogP contribution in [0.1, 0.15) is 6.92 Å². The molecule has 0 aliphatic carbocycles. The van der Waals surface area contributed by atoms with E-state index in [-0.39, 0.29) is 17.2 Å². The van der Waals surface area contributed by atoms with Gasteiger partial charge in [0.05, 0.1) is 0 Å². The molecule has 0 aromatic rings. The van der Waals surface area contributed by atoms with Crippen LogP contribution in [0, 0.1) is 0 Å². The van der Waals surface area contributed by atoms with Gasteiger partial charge in [0.1, 0.15) is 0 Å². The van der Waals surface area contributed by atoms with Gasteiger partial charge >= 0.3 is 83.3 Å². The minimum atomic E-state index is -3.21. The molecular weight excluding hydrogens is 333 g/mol. The van der Waals surface area contributed by atoms with E-state index in [2.05, 4.69) is 17.8 Å². The third-order valence-corrected chi connectivity index (χ3v) is 24.6. The Balaban J connectivity index is 2.90. The molecule has 0 bridgehead atoms. The maximum absolute atomic E-state index is 5.97. The third-order valence-electron chi connectivity index (χ3n) is 1.42. The number of rotatable bonds is 1. The van der Waals surface area contributed by atoms with Gasteiger partial charge in [-0.05, 0) is 0 Å². The van der Waals surface area contributed by atoms with Crippen LogP contribution in [0.15, 0.2) is 12.2 Å². The van der Waals surface area contributed by atoms with Crippen LogP contribution < -0.4 is 0 Å². The molecule has 10 heavy (non-hydrogen) atoms. The normalized spacial score (nSPS) is 33.2. The summed E-state index contributed by atoms with van der Waals surface area (Å²) in [6.07, 6.45) is 4.09. The molecule has 1 aliphatic rings. The van der Waals surface area contributed by atoms with E-state index in [1.165, 1.54) is 0 Å². The first kappa shape index (κ1) is 10.0. The zero-order chi connectivity index (χ0) is 7.83. The molecule has 1 rings (SSSR count). The van der Waals surface area contributed by atoms with E-state index < -0.39 is 16.7 Å². The van der Waals surface area contributed by atoms with E-state index in [1.54, 1.807) is 0 Å². The Labute approximate surface area is 82.2 Å².